The largest absolute Gasteiger partial charge is 0.345 e. The van der Waals surface area contributed by atoms with E-state index in [-0.39, 0.29) is 22.5 Å². The van der Waals surface area contributed by atoms with Crippen LogP contribution in [0, 0.1) is 0 Å². The van der Waals surface area contributed by atoms with Crippen LogP contribution in [0.15, 0.2) is 23.2 Å². The van der Waals surface area contributed by atoms with Crippen LogP contribution >= 0.6 is 11.6 Å². The van der Waals surface area contributed by atoms with Crippen LogP contribution in [-0.4, -0.2) is 44.3 Å². The minimum Gasteiger partial charge on any atom is -0.345 e. The molecule has 0 bridgehead atoms. The van der Waals surface area contributed by atoms with E-state index in [1.807, 2.05) is 0 Å². The van der Waals surface area contributed by atoms with Gasteiger partial charge in [-0.3, -0.25) is 4.79 Å². The zero-order chi connectivity index (χ0) is 13.8. The molecule has 0 fully saturated rings. The van der Waals surface area contributed by atoms with Crippen molar-refractivity contribution in [3.63, 3.8) is 0 Å². The molecular formula is C10H14ClN3O3S. The van der Waals surface area contributed by atoms with Crippen molar-refractivity contribution in [3.05, 3.63) is 23.5 Å². The average molecular weight is 292 g/mol. The lowest BCUT2D eigenvalue weighted by Gasteiger charge is -2.14. The maximum atomic E-state index is 11.9. The minimum atomic E-state index is -3.82. The molecule has 0 unspecified atom stereocenters. The summed E-state index contributed by atoms with van der Waals surface area (Å²) >= 11 is 5.69. The molecular weight excluding hydrogens is 278 g/mol. The Balaban J connectivity index is 2.79. The maximum Gasteiger partial charge on any atom is 0.244 e. The van der Waals surface area contributed by atoms with E-state index in [0.29, 0.717) is 6.54 Å². The number of halogens is 1. The summed E-state index contributed by atoms with van der Waals surface area (Å²) in [7, 11) is -2.23. The molecule has 1 N–H and O–H groups in total. The van der Waals surface area contributed by atoms with Crippen LogP contribution in [0.5, 0.6) is 0 Å². The molecule has 0 radical (unpaired) electrons. The smallest absolute Gasteiger partial charge is 0.244 e. The number of hydrogen-bond donors (Lipinski definition) is 1. The van der Waals surface area contributed by atoms with E-state index in [0.717, 1.165) is 0 Å². The Morgan fingerprint density at radius 2 is 2.22 bits per heavy atom. The molecule has 1 aromatic heterocycles. The maximum absolute atomic E-state index is 11.9. The first-order chi connectivity index (χ1) is 8.38. The zero-order valence-corrected chi connectivity index (χ0v) is 11.6. The minimum absolute atomic E-state index is 0.124. The van der Waals surface area contributed by atoms with Gasteiger partial charge in [-0.25, -0.2) is 18.1 Å². The van der Waals surface area contributed by atoms with Crippen molar-refractivity contribution in [1.82, 2.24) is 14.6 Å². The fraction of sp³-hybridized carbons (Fsp3) is 0.400. The Labute approximate surface area is 111 Å². The van der Waals surface area contributed by atoms with Crippen LogP contribution in [0.4, 0.5) is 0 Å². The third-order valence-electron chi connectivity index (χ3n) is 2.33. The molecule has 0 atom stereocenters. The van der Waals surface area contributed by atoms with E-state index >= 15 is 0 Å². The first-order valence-corrected chi connectivity index (χ1v) is 7.08. The highest BCUT2D eigenvalue weighted by atomic mass is 35.5. The Kier molecular flexibility index (Phi) is 5.06. The Morgan fingerprint density at radius 1 is 1.56 bits per heavy atom. The van der Waals surface area contributed by atoms with E-state index in [2.05, 4.69) is 9.71 Å². The molecule has 0 saturated heterocycles. The Bertz CT molecular complexity index is 533. The zero-order valence-electron chi connectivity index (χ0n) is 10.1. The molecule has 0 saturated carbocycles. The van der Waals surface area contributed by atoms with Crippen LogP contribution in [0.3, 0.4) is 0 Å². The number of nitrogens with zero attached hydrogens (tertiary/aromatic N) is 2. The number of hydrogen-bond acceptors (Lipinski definition) is 4. The van der Waals surface area contributed by atoms with Gasteiger partial charge in [0.1, 0.15) is 10.0 Å². The number of aromatic nitrogens is 1. The number of rotatable bonds is 5. The summed E-state index contributed by atoms with van der Waals surface area (Å²) in [6.45, 7) is 2.00. The highest BCUT2D eigenvalue weighted by Crippen LogP contribution is 2.17. The molecule has 0 spiro atoms. The molecule has 1 aromatic rings. The van der Waals surface area contributed by atoms with Gasteiger partial charge in [0, 0.05) is 19.8 Å². The molecule has 0 aliphatic rings. The van der Waals surface area contributed by atoms with Crippen molar-refractivity contribution in [2.75, 3.05) is 20.1 Å². The van der Waals surface area contributed by atoms with Gasteiger partial charge in [-0.2, -0.15) is 0 Å². The Hall–Kier alpha value is -1.18. The Morgan fingerprint density at radius 3 is 2.78 bits per heavy atom. The van der Waals surface area contributed by atoms with Crippen molar-refractivity contribution in [2.24, 2.45) is 0 Å². The third kappa shape index (κ3) is 3.66. The third-order valence-corrected chi connectivity index (χ3v) is 4.17. The predicted octanol–water partition coefficient (Wildman–Crippen LogP) is 0.492. The van der Waals surface area contributed by atoms with Gasteiger partial charge in [0.25, 0.3) is 0 Å². The summed E-state index contributed by atoms with van der Waals surface area (Å²) in [5.74, 6) is -0.318. The van der Waals surface area contributed by atoms with Gasteiger partial charge in [-0.1, -0.05) is 11.6 Å². The summed E-state index contributed by atoms with van der Waals surface area (Å²) in [6.07, 6.45) is 1.39. The fourth-order valence-electron chi connectivity index (χ4n) is 1.12. The lowest BCUT2D eigenvalue weighted by molar-refractivity contribution is -0.128. The number of nitrogens with one attached hydrogen (secondary N) is 1. The van der Waals surface area contributed by atoms with Crippen LogP contribution in [0.25, 0.3) is 0 Å². The molecule has 0 aliphatic carbocycles. The molecule has 1 rings (SSSR count). The van der Waals surface area contributed by atoms with Gasteiger partial charge in [0.05, 0.1) is 6.54 Å². The van der Waals surface area contributed by atoms with Gasteiger partial charge in [0.15, 0.2) is 0 Å². The number of pyridine rings is 1. The fourth-order valence-corrected chi connectivity index (χ4v) is 2.54. The van der Waals surface area contributed by atoms with E-state index in [1.54, 1.807) is 14.0 Å². The second-order valence-corrected chi connectivity index (χ2v) is 5.62. The van der Waals surface area contributed by atoms with Gasteiger partial charge in [-0.15, -0.1) is 0 Å². The molecule has 18 heavy (non-hydrogen) atoms. The quantitative estimate of drug-likeness (QED) is 0.801. The van der Waals surface area contributed by atoms with E-state index < -0.39 is 10.0 Å². The molecule has 100 valence electrons. The molecule has 8 heteroatoms. The predicted molar refractivity (Wildman–Crippen MR) is 67.7 cm³/mol. The van der Waals surface area contributed by atoms with Crippen molar-refractivity contribution >= 4 is 27.5 Å². The van der Waals surface area contributed by atoms with E-state index in [1.165, 1.54) is 23.2 Å². The molecule has 6 nitrogen and oxygen atoms in total. The van der Waals surface area contributed by atoms with Gasteiger partial charge in [-0.05, 0) is 19.1 Å². The van der Waals surface area contributed by atoms with Crippen LogP contribution in [-0.2, 0) is 14.8 Å². The number of amides is 1. The molecule has 0 aromatic carbocycles. The number of carbonyl (C=O) groups excluding carboxylic acids is 1. The van der Waals surface area contributed by atoms with Gasteiger partial charge in [0.2, 0.25) is 15.9 Å². The number of likely N-dealkylation sites (N-methyl/N-ethyl adjacent to an activating group) is 1. The topological polar surface area (TPSA) is 79.4 Å². The van der Waals surface area contributed by atoms with Crippen molar-refractivity contribution in [3.8, 4) is 0 Å². The first kappa shape index (κ1) is 14.9. The lowest BCUT2D eigenvalue weighted by atomic mass is 10.5. The summed E-state index contributed by atoms with van der Waals surface area (Å²) in [5, 5.41) is -0.124. The lowest BCUT2D eigenvalue weighted by Crippen LogP contribution is -2.38. The second kappa shape index (κ2) is 6.12. The highest BCUT2D eigenvalue weighted by molar-refractivity contribution is 7.89. The summed E-state index contributed by atoms with van der Waals surface area (Å²) < 4.78 is 25.9. The second-order valence-electron chi connectivity index (χ2n) is 3.52. The van der Waals surface area contributed by atoms with Crippen molar-refractivity contribution in [2.45, 2.75) is 11.8 Å². The van der Waals surface area contributed by atoms with Gasteiger partial charge < -0.3 is 4.90 Å². The van der Waals surface area contributed by atoms with Gasteiger partial charge >= 0.3 is 0 Å². The number of carbonyl (C=O) groups is 1. The van der Waals surface area contributed by atoms with Crippen LogP contribution < -0.4 is 4.72 Å². The normalized spacial score (nSPS) is 11.3. The summed E-state index contributed by atoms with van der Waals surface area (Å²) in [4.78, 5) is 16.4. The van der Waals surface area contributed by atoms with Crippen molar-refractivity contribution < 1.29 is 13.2 Å². The average Bonchev–Trinajstić information content (AvgIpc) is 2.35. The van der Waals surface area contributed by atoms with Crippen LogP contribution in [0.2, 0.25) is 5.15 Å². The molecule has 1 heterocycles. The van der Waals surface area contributed by atoms with Crippen LogP contribution in [0.1, 0.15) is 6.92 Å². The molecule has 0 aliphatic heterocycles. The van der Waals surface area contributed by atoms with E-state index in [4.69, 9.17) is 11.6 Å². The molecule has 1 amide bonds. The SMILES string of the molecule is CCN(C)C(=O)CNS(=O)(=O)c1cccnc1Cl. The summed E-state index contributed by atoms with van der Waals surface area (Å²) in [6, 6.07) is 2.78. The standard InChI is InChI=1S/C10H14ClN3O3S/c1-3-14(2)9(15)7-13-18(16,17)8-5-4-6-12-10(8)11/h4-6,13H,3,7H2,1-2H3. The number of sulfonamides is 1. The van der Waals surface area contributed by atoms with E-state index in [9.17, 15) is 13.2 Å². The monoisotopic (exact) mass is 291 g/mol. The first-order valence-electron chi connectivity index (χ1n) is 5.22. The highest BCUT2D eigenvalue weighted by Gasteiger charge is 2.19. The summed E-state index contributed by atoms with van der Waals surface area (Å²) in [5.41, 5.74) is 0. The van der Waals surface area contributed by atoms with Crippen molar-refractivity contribution in [1.29, 1.82) is 0 Å².